The molecule has 3 atom stereocenters. The summed E-state index contributed by atoms with van der Waals surface area (Å²) in [5.74, 6) is 1.73. The highest BCUT2D eigenvalue weighted by Gasteiger charge is 2.23. The second kappa shape index (κ2) is 7.42. The van der Waals surface area contributed by atoms with Crippen LogP contribution >= 0.6 is 0 Å². The molecule has 1 N–H and O–H groups in total. The van der Waals surface area contributed by atoms with Crippen molar-refractivity contribution in [2.75, 3.05) is 26.7 Å². The van der Waals surface area contributed by atoms with Crippen LogP contribution in [-0.2, 0) is 0 Å². The van der Waals surface area contributed by atoms with Gasteiger partial charge >= 0.3 is 0 Å². The number of hydrogen-bond acceptors (Lipinski definition) is 2. The molecular formula is C19H32N2. The molecule has 2 heteroatoms. The second-order valence-corrected chi connectivity index (χ2v) is 7.09. The van der Waals surface area contributed by atoms with Crippen molar-refractivity contribution in [1.82, 2.24) is 10.2 Å². The van der Waals surface area contributed by atoms with Gasteiger partial charge in [0.1, 0.15) is 0 Å². The van der Waals surface area contributed by atoms with Crippen LogP contribution in [0.3, 0.4) is 0 Å². The van der Waals surface area contributed by atoms with Crippen molar-refractivity contribution in [2.24, 2.45) is 11.8 Å². The lowest BCUT2D eigenvalue weighted by molar-refractivity contribution is 0.134. The molecule has 21 heavy (non-hydrogen) atoms. The number of aryl methyl sites for hydroxylation is 2. The normalized spacial score (nSPS) is 25.0. The Kier molecular flexibility index (Phi) is 5.83. The molecular weight excluding hydrogens is 256 g/mol. The van der Waals surface area contributed by atoms with Gasteiger partial charge in [0.05, 0.1) is 0 Å². The molecule has 3 unspecified atom stereocenters. The van der Waals surface area contributed by atoms with Gasteiger partial charge in [-0.2, -0.15) is 0 Å². The SMILES string of the molecule is CNC(CCN1CCC(C)C(C)C1)c1cc(C)cc(C)c1. The first-order chi connectivity index (χ1) is 9.99. The Morgan fingerprint density at radius 2 is 1.81 bits per heavy atom. The summed E-state index contributed by atoms with van der Waals surface area (Å²) < 4.78 is 0. The number of hydrogen-bond donors (Lipinski definition) is 1. The summed E-state index contributed by atoms with van der Waals surface area (Å²) >= 11 is 0. The van der Waals surface area contributed by atoms with Crippen LogP contribution in [0.5, 0.6) is 0 Å². The molecule has 2 nitrogen and oxygen atoms in total. The zero-order chi connectivity index (χ0) is 15.4. The van der Waals surface area contributed by atoms with Gasteiger partial charge in [-0.15, -0.1) is 0 Å². The lowest BCUT2D eigenvalue weighted by atomic mass is 9.88. The molecule has 2 rings (SSSR count). The van der Waals surface area contributed by atoms with E-state index in [1.165, 1.54) is 49.2 Å². The lowest BCUT2D eigenvalue weighted by Gasteiger charge is -2.36. The maximum atomic E-state index is 3.51. The minimum Gasteiger partial charge on any atom is -0.313 e. The minimum atomic E-state index is 0.471. The van der Waals surface area contributed by atoms with Crippen LogP contribution in [0, 0.1) is 25.7 Å². The average molecular weight is 288 g/mol. The maximum absolute atomic E-state index is 3.51. The number of likely N-dealkylation sites (tertiary alicyclic amines) is 1. The van der Waals surface area contributed by atoms with Gasteiger partial charge in [0.15, 0.2) is 0 Å². The first-order valence-electron chi connectivity index (χ1n) is 8.47. The molecule has 0 aliphatic carbocycles. The van der Waals surface area contributed by atoms with E-state index < -0.39 is 0 Å². The molecule has 1 saturated heterocycles. The maximum Gasteiger partial charge on any atom is 0.0329 e. The third kappa shape index (κ3) is 4.55. The molecule has 0 spiro atoms. The fourth-order valence-electron chi connectivity index (χ4n) is 3.55. The minimum absolute atomic E-state index is 0.471. The van der Waals surface area contributed by atoms with Crippen LogP contribution in [0.4, 0.5) is 0 Å². The molecule has 1 fully saturated rings. The Morgan fingerprint density at radius 3 is 2.38 bits per heavy atom. The van der Waals surface area contributed by atoms with E-state index in [0.717, 1.165) is 11.8 Å². The zero-order valence-electron chi connectivity index (χ0n) is 14.4. The fraction of sp³-hybridized carbons (Fsp3) is 0.684. The molecule has 0 radical (unpaired) electrons. The molecule has 0 bridgehead atoms. The number of benzene rings is 1. The lowest BCUT2D eigenvalue weighted by Crippen LogP contribution is -2.39. The summed E-state index contributed by atoms with van der Waals surface area (Å²) in [6.07, 6.45) is 2.55. The third-order valence-corrected chi connectivity index (χ3v) is 5.15. The van der Waals surface area contributed by atoms with E-state index in [4.69, 9.17) is 0 Å². The van der Waals surface area contributed by atoms with Crippen molar-refractivity contribution in [3.8, 4) is 0 Å². The monoisotopic (exact) mass is 288 g/mol. The van der Waals surface area contributed by atoms with E-state index in [2.05, 4.69) is 63.2 Å². The van der Waals surface area contributed by atoms with Crippen molar-refractivity contribution in [1.29, 1.82) is 0 Å². The van der Waals surface area contributed by atoms with Gasteiger partial charge in [0, 0.05) is 12.6 Å². The molecule has 0 aromatic heterocycles. The number of nitrogens with zero attached hydrogens (tertiary/aromatic N) is 1. The summed E-state index contributed by atoms with van der Waals surface area (Å²) in [5, 5.41) is 3.51. The predicted octanol–water partition coefficient (Wildman–Crippen LogP) is 3.93. The van der Waals surface area contributed by atoms with Crippen molar-refractivity contribution in [2.45, 2.75) is 46.6 Å². The van der Waals surface area contributed by atoms with Crippen molar-refractivity contribution >= 4 is 0 Å². The first kappa shape index (κ1) is 16.5. The third-order valence-electron chi connectivity index (χ3n) is 5.15. The average Bonchev–Trinajstić information content (AvgIpc) is 2.42. The largest absolute Gasteiger partial charge is 0.313 e. The summed E-state index contributed by atoms with van der Waals surface area (Å²) in [5.41, 5.74) is 4.17. The standard InChI is InChI=1S/C19H32N2/c1-14-10-15(2)12-18(11-14)19(20-5)7-9-21-8-6-16(3)17(4)13-21/h10-12,16-17,19-20H,6-9,13H2,1-5H3. The Hall–Kier alpha value is -0.860. The van der Waals surface area contributed by atoms with Gasteiger partial charge in [-0.1, -0.05) is 43.2 Å². The predicted molar refractivity (Wildman–Crippen MR) is 91.7 cm³/mol. The van der Waals surface area contributed by atoms with E-state index in [-0.39, 0.29) is 0 Å². The molecule has 1 heterocycles. The van der Waals surface area contributed by atoms with Crippen LogP contribution in [0.1, 0.15) is 49.4 Å². The Morgan fingerprint density at radius 1 is 1.14 bits per heavy atom. The fourth-order valence-corrected chi connectivity index (χ4v) is 3.55. The Balaban J connectivity index is 1.93. The van der Waals surface area contributed by atoms with E-state index in [1.807, 2.05) is 0 Å². The van der Waals surface area contributed by atoms with Crippen molar-refractivity contribution < 1.29 is 0 Å². The quantitative estimate of drug-likeness (QED) is 0.883. The van der Waals surface area contributed by atoms with Crippen molar-refractivity contribution in [3.05, 3.63) is 34.9 Å². The van der Waals surface area contributed by atoms with Crippen LogP contribution in [-0.4, -0.2) is 31.6 Å². The van der Waals surface area contributed by atoms with E-state index >= 15 is 0 Å². The van der Waals surface area contributed by atoms with Gasteiger partial charge in [-0.25, -0.2) is 0 Å². The number of nitrogens with one attached hydrogen (secondary N) is 1. The van der Waals surface area contributed by atoms with Crippen LogP contribution in [0.25, 0.3) is 0 Å². The van der Waals surface area contributed by atoms with Crippen molar-refractivity contribution in [3.63, 3.8) is 0 Å². The smallest absolute Gasteiger partial charge is 0.0329 e. The van der Waals surface area contributed by atoms with Crippen LogP contribution < -0.4 is 5.32 Å². The first-order valence-corrected chi connectivity index (χ1v) is 8.47. The number of piperidine rings is 1. The molecule has 0 amide bonds. The number of rotatable bonds is 5. The summed E-state index contributed by atoms with van der Waals surface area (Å²) in [7, 11) is 2.09. The molecule has 0 saturated carbocycles. The van der Waals surface area contributed by atoms with Gasteiger partial charge in [-0.3, -0.25) is 0 Å². The molecule has 1 aromatic rings. The van der Waals surface area contributed by atoms with E-state index in [9.17, 15) is 0 Å². The van der Waals surface area contributed by atoms with Gasteiger partial charge in [0.2, 0.25) is 0 Å². The van der Waals surface area contributed by atoms with Gasteiger partial charge in [-0.05, 0) is 64.2 Å². The second-order valence-electron chi connectivity index (χ2n) is 7.09. The topological polar surface area (TPSA) is 15.3 Å². The highest BCUT2D eigenvalue weighted by molar-refractivity contribution is 5.30. The van der Waals surface area contributed by atoms with E-state index in [1.54, 1.807) is 0 Å². The Labute approximate surface area is 130 Å². The summed E-state index contributed by atoms with van der Waals surface area (Å²) in [6, 6.07) is 7.38. The van der Waals surface area contributed by atoms with Crippen LogP contribution in [0.15, 0.2) is 18.2 Å². The molecule has 1 aliphatic rings. The highest BCUT2D eigenvalue weighted by atomic mass is 15.1. The van der Waals surface area contributed by atoms with Gasteiger partial charge in [0.25, 0.3) is 0 Å². The van der Waals surface area contributed by atoms with Crippen LogP contribution in [0.2, 0.25) is 0 Å². The summed E-state index contributed by atoms with van der Waals surface area (Å²) in [4.78, 5) is 2.65. The van der Waals surface area contributed by atoms with Gasteiger partial charge < -0.3 is 10.2 Å². The van der Waals surface area contributed by atoms with E-state index in [0.29, 0.717) is 6.04 Å². The molecule has 1 aromatic carbocycles. The Bertz CT molecular complexity index is 435. The summed E-state index contributed by atoms with van der Waals surface area (Å²) in [6.45, 7) is 12.9. The highest BCUT2D eigenvalue weighted by Crippen LogP contribution is 2.24. The molecule has 1 aliphatic heterocycles. The zero-order valence-corrected chi connectivity index (χ0v) is 14.4. The molecule has 118 valence electrons.